The Morgan fingerprint density at radius 1 is 1.32 bits per heavy atom. The molecule has 3 rings (SSSR count). The van der Waals surface area contributed by atoms with Gasteiger partial charge in [-0.2, -0.15) is 0 Å². The van der Waals surface area contributed by atoms with Crippen molar-refractivity contribution in [1.82, 2.24) is 4.90 Å². The molecular formula is C19H25F2NO3. The van der Waals surface area contributed by atoms with Crippen molar-refractivity contribution in [2.24, 2.45) is 11.3 Å². The molecule has 2 fully saturated rings. The number of likely N-dealkylation sites (tertiary alicyclic amines) is 1. The number of carbonyl (C=O) groups excluding carboxylic acids is 1. The minimum Gasteiger partial charge on any atom is -0.396 e. The SMILES string of the molecule is O=C(C1CCOCC1)N1CCCC(CO)(Cc2ccc(F)cc2F)C1. The Labute approximate surface area is 146 Å². The molecule has 0 aromatic heterocycles. The van der Waals surface area contributed by atoms with Crippen LogP contribution < -0.4 is 0 Å². The number of piperidine rings is 1. The molecule has 1 aromatic carbocycles. The van der Waals surface area contributed by atoms with Crippen LogP contribution in [0.3, 0.4) is 0 Å². The first-order chi connectivity index (χ1) is 12.0. The first kappa shape index (κ1) is 18.3. The fraction of sp³-hybridized carbons (Fsp3) is 0.632. The number of carbonyl (C=O) groups is 1. The Morgan fingerprint density at radius 2 is 2.08 bits per heavy atom. The molecule has 0 spiro atoms. The second-order valence-electron chi connectivity index (χ2n) is 7.32. The second-order valence-corrected chi connectivity index (χ2v) is 7.32. The molecule has 25 heavy (non-hydrogen) atoms. The van der Waals surface area contributed by atoms with E-state index in [1.807, 2.05) is 4.90 Å². The molecule has 1 N–H and O–H groups in total. The molecule has 1 atom stereocenters. The third-order valence-electron chi connectivity index (χ3n) is 5.46. The molecule has 1 amide bonds. The number of halogens is 2. The maximum Gasteiger partial charge on any atom is 0.225 e. The van der Waals surface area contributed by atoms with Crippen molar-refractivity contribution in [3.63, 3.8) is 0 Å². The maximum absolute atomic E-state index is 14.0. The summed E-state index contributed by atoms with van der Waals surface area (Å²) in [6.45, 7) is 2.17. The van der Waals surface area contributed by atoms with E-state index in [9.17, 15) is 18.7 Å². The maximum atomic E-state index is 14.0. The Bertz CT molecular complexity index is 619. The van der Waals surface area contributed by atoms with Crippen LogP contribution in [0, 0.1) is 23.0 Å². The van der Waals surface area contributed by atoms with Gasteiger partial charge in [0.05, 0.1) is 6.61 Å². The zero-order valence-corrected chi connectivity index (χ0v) is 14.3. The lowest BCUT2D eigenvalue weighted by atomic mass is 9.75. The summed E-state index contributed by atoms with van der Waals surface area (Å²) in [5.74, 6) is -1.12. The highest BCUT2D eigenvalue weighted by atomic mass is 19.1. The van der Waals surface area contributed by atoms with E-state index in [0.717, 1.165) is 31.7 Å². The molecule has 1 unspecified atom stereocenters. The fourth-order valence-corrected chi connectivity index (χ4v) is 4.00. The third kappa shape index (κ3) is 4.18. The van der Waals surface area contributed by atoms with Crippen molar-refractivity contribution in [3.8, 4) is 0 Å². The van der Waals surface area contributed by atoms with E-state index < -0.39 is 17.0 Å². The van der Waals surface area contributed by atoms with E-state index in [-0.39, 0.29) is 18.4 Å². The van der Waals surface area contributed by atoms with Crippen LogP contribution in [-0.2, 0) is 16.0 Å². The summed E-state index contributed by atoms with van der Waals surface area (Å²) in [6.07, 6.45) is 3.26. The normalized spacial score (nSPS) is 25.2. The molecular weight excluding hydrogens is 328 g/mol. The van der Waals surface area contributed by atoms with Gasteiger partial charge < -0.3 is 14.7 Å². The molecule has 1 aromatic rings. The molecule has 2 saturated heterocycles. The monoisotopic (exact) mass is 353 g/mol. The Morgan fingerprint density at radius 3 is 2.76 bits per heavy atom. The predicted octanol–water partition coefficient (Wildman–Crippen LogP) is 2.54. The van der Waals surface area contributed by atoms with Crippen LogP contribution >= 0.6 is 0 Å². The number of ether oxygens (including phenoxy) is 1. The van der Waals surface area contributed by atoms with Gasteiger partial charge in [-0.3, -0.25) is 4.79 Å². The van der Waals surface area contributed by atoms with Crippen LogP contribution in [0.5, 0.6) is 0 Å². The van der Waals surface area contributed by atoms with Gasteiger partial charge in [-0.1, -0.05) is 6.07 Å². The average Bonchev–Trinajstić information content (AvgIpc) is 2.64. The smallest absolute Gasteiger partial charge is 0.225 e. The Balaban J connectivity index is 1.73. The molecule has 0 saturated carbocycles. The highest BCUT2D eigenvalue weighted by molar-refractivity contribution is 5.79. The number of rotatable bonds is 4. The van der Waals surface area contributed by atoms with E-state index in [1.54, 1.807) is 0 Å². The van der Waals surface area contributed by atoms with Gasteiger partial charge in [0.25, 0.3) is 0 Å². The first-order valence-electron chi connectivity index (χ1n) is 8.94. The van der Waals surface area contributed by atoms with Crippen LogP contribution in [0.1, 0.15) is 31.2 Å². The molecule has 2 heterocycles. The molecule has 2 aliphatic heterocycles. The Kier molecular flexibility index (Phi) is 5.69. The standard InChI is InChI=1S/C19H25F2NO3/c20-16-3-2-15(17(21)10-16)11-19(13-23)6-1-7-22(12-19)18(24)14-4-8-25-9-5-14/h2-3,10,14,23H,1,4-9,11-13H2. The molecule has 4 nitrogen and oxygen atoms in total. The molecule has 0 bridgehead atoms. The molecule has 6 heteroatoms. The number of aliphatic hydroxyl groups excluding tert-OH is 1. The predicted molar refractivity (Wildman–Crippen MR) is 88.9 cm³/mol. The zero-order valence-electron chi connectivity index (χ0n) is 14.3. The van der Waals surface area contributed by atoms with E-state index in [0.29, 0.717) is 38.3 Å². The summed E-state index contributed by atoms with van der Waals surface area (Å²) >= 11 is 0. The lowest BCUT2D eigenvalue weighted by Gasteiger charge is -2.43. The summed E-state index contributed by atoms with van der Waals surface area (Å²) in [7, 11) is 0. The lowest BCUT2D eigenvalue weighted by Crippen LogP contribution is -2.51. The number of nitrogens with zero attached hydrogens (tertiary/aromatic N) is 1. The number of aliphatic hydroxyl groups is 1. The van der Waals surface area contributed by atoms with Crippen molar-refractivity contribution in [3.05, 3.63) is 35.4 Å². The molecule has 0 radical (unpaired) electrons. The van der Waals surface area contributed by atoms with Crippen molar-refractivity contribution < 1.29 is 23.4 Å². The van der Waals surface area contributed by atoms with Crippen LogP contribution in [0.25, 0.3) is 0 Å². The zero-order chi connectivity index (χ0) is 17.9. The van der Waals surface area contributed by atoms with Gasteiger partial charge in [-0.25, -0.2) is 8.78 Å². The van der Waals surface area contributed by atoms with Gasteiger partial charge >= 0.3 is 0 Å². The van der Waals surface area contributed by atoms with Gasteiger partial charge in [0.2, 0.25) is 5.91 Å². The van der Waals surface area contributed by atoms with Gasteiger partial charge in [-0.05, 0) is 43.7 Å². The summed E-state index contributed by atoms with van der Waals surface area (Å²) < 4.78 is 32.5. The fourth-order valence-electron chi connectivity index (χ4n) is 4.00. The van der Waals surface area contributed by atoms with Crippen molar-refractivity contribution >= 4 is 5.91 Å². The van der Waals surface area contributed by atoms with Gasteiger partial charge in [0, 0.05) is 43.7 Å². The highest BCUT2D eigenvalue weighted by Gasteiger charge is 2.39. The largest absolute Gasteiger partial charge is 0.396 e. The lowest BCUT2D eigenvalue weighted by molar-refractivity contribution is -0.143. The minimum atomic E-state index is -0.612. The van der Waals surface area contributed by atoms with Crippen LogP contribution in [0.4, 0.5) is 8.78 Å². The second kappa shape index (κ2) is 7.79. The molecule has 0 aliphatic carbocycles. The number of hydrogen-bond acceptors (Lipinski definition) is 3. The third-order valence-corrected chi connectivity index (χ3v) is 5.46. The van der Waals surface area contributed by atoms with Crippen molar-refractivity contribution in [2.75, 3.05) is 32.9 Å². The van der Waals surface area contributed by atoms with Crippen molar-refractivity contribution in [2.45, 2.75) is 32.1 Å². The first-order valence-corrected chi connectivity index (χ1v) is 8.94. The highest BCUT2D eigenvalue weighted by Crippen LogP contribution is 2.35. The molecule has 138 valence electrons. The molecule has 2 aliphatic rings. The van der Waals surface area contributed by atoms with E-state index in [4.69, 9.17) is 4.74 Å². The quantitative estimate of drug-likeness (QED) is 0.905. The summed E-state index contributed by atoms with van der Waals surface area (Å²) in [6, 6.07) is 3.53. The number of amides is 1. The van der Waals surface area contributed by atoms with Crippen LogP contribution in [-0.4, -0.2) is 48.8 Å². The Hall–Kier alpha value is -1.53. The van der Waals surface area contributed by atoms with Crippen molar-refractivity contribution in [1.29, 1.82) is 0 Å². The summed E-state index contributed by atoms with van der Waals surface area (Å²) in [5, 5.41) is 10.0. The average molecular weight is 353 g/mol. The van der Waals surface area contributed by atoms with E-state index in [1.165, 1.54) is 12.1 Å². The van der Waals surface area contributed by atoms with Gasteiger partial charge in [-0.15, -0.1) is 0 Å². The summed E-state index contributed by atoms with van der Waals surface area (Å²) in [5.41, 5.74) is -0.187. The van der Waals surface area contributed by atoms with Crippen LogP contribution in [0.15, 0.2) is 18.2 Å². The van der Waals surface area contributed by atoms with Gasteiger partial charge in [0.1, 0.15) is 11.6 Å². The number of benzene rings is 1. The topological polar surface area (TPSA) is 49.8 Å². The number of hydrogen-bond donors (Lipinski definition) is 1. The van der Waals surface area contributed by atoms with E-state index >= 15 is 0 Å². The minimum absolute atomic E-state index is 0.0224. The van der Waals surface area contributed by atoms with Crippen LogP contribution in [0.2, 0.25) is 0 Å². The summed E-state index contributed by atoms with van der Waals surface area (Å²) in [4.78, 5) is 14.6. The van der Waals surface area contributed by atoms with E-state index in [2.05, 4.69) is 0 Å². The van der Waals surface area contributed by atoms with Gasteiger partial charge in [0.15, 0.2) is 0 Å².